The van der Waals surface area contributed by atoms with Crippen LogP contribution < -0.4 is 10.5 Å². The van der Waals surface area contributed by atoms with Crippen molar-refractivity contribution in [1.82, 2.24) is 4.90 Å². The number of nitrogens with zero attached hydrogens (tertiary/aromatic N) is 1. The average Bonchev–Trinajstić information content (AvgIpc) is 2.27. The zero-order chi connectivity index (χ0) is 14.5. The van der Waals surface area contributed by atoms with E-state index in [1.165, 1.54) is 12.1 Å². The Hall–Kier alpha value is -1.13. The van der Waals surface area contributed by atoms with Crippen LogP contribution in [0.1, 0.15) is 32.3 Å². The van der Waals surface area contributed by atoms with E-state index in [4.69, 9.17) is 10.5 Å². The molecule has 0 aliphatic heterocycles. The molecule has 0 aromatic heterocycles. The Balaban J connectivity index is 2.52. The van der Waals surface area contributed by atoms with E-state index in [0.29, 0.717) is 6.54 Å². The number of methoxy groups -OCH3 is 1. The maximum absolute atomic E-state index is 13.3. The molecule has 108 valence electrons. The van der Waals surface area contributed by atoms with Gasteiger partial charge in [-0.3, -0.25) is 0 Å². The summed E-state index contributed by atoms with van der Waals surface area (Å²) in [6.07, 6.45) is 2.00. The lowest BCUT2D eigenvalue weighted by Crippen LogP contribution is -2.33. The van der Waals surface area contributed by atoms with Gasteiger partial charge in [0.25, 0.3) is 0 Å². The topological polar surface area (TPSA) is 38.5 Å². The van der Waals surface area contributed by atoms with Gasteiger partial charge in [0.1, 0.15) is 11.6 Å². The average molecular weight is 268 g/mol. The molecule has 2 N–H and O–H groups in total. The molecular weight excluding hydrogens is 243 g/mol. The molecule has 0 fully saturated rings. The molecule has 0 heterocycles. The zero-order valence-corrected chi connectivity index (χ0v) is 12.4. The summed E-state index contributed by atoms with van der Waals surface area (Å²) in [5, 5.41) is 0. The molecule has 0 aliphatic carbocycles. The minimum absolute atomic E-state index is 0.128. The van der Waals surface area contributed by atoms with Crippen molar-refractivity contribution >= 4 is 0 Å². The first kappa shape index (κ1) is 15.9. The van der Waals surface area contributed by atoms with Crippen LogP contribution in [-0.4, -0.2) is 31.1 Å². The highest BCUT2D eigenvalue weighted by Crippen LogP contribution is 2.21. The van der Waals surface area contributed by atoms with E-state index >= 15 is 0 Å². The monoisotopic (exact) mass is 268 g/mol. The fourth-order valence-electron chi connectivity index (χ4n) is 2.05. The van der Waals surface area contributed by atoms with E-state index in [-0.39, 0.29) is 11.4 Å². The minimum atomic E-state index is -0.229. The molecule has 4 heteroatoms. The van der Waals surface area contributed by atoms with Gasteiger partial charge in [0, 0.05) is 17.6 Å². The van der Waals surface area contributed by atoms with Crippen molar-refractivity contribution in [2.75, 3.05) is 20.7 Å². The van der Waals surface area contributed by atoms with Crippen LogP contribution in [-0.2, 0) is 6.54 Å². The fraction of sp³-hybridized carbons (Fsp3) is 0.600. The van der Waals surface area contributed by atoms with Crippen molar-refractivity contribution < 1.29 is 9.13 Å². The van der Waals surface area contributed by atoms with Gasteiger partial charge in [-0.25, -0.2) is 4.39 Å². The largest absolute Gasteiger partial charge is 0.496 e. The smallest absolute Gasteiger partial charge is 0.123 e. The summed E-state index contributed by atoms with van der Waals surface area (Å²) in [6, 6.07) is 4.61. The highest BCUT2D eigenvalue weighted by atomic mass is 19.1. The Kier molecular flexibility index (Phi) is 5.76. The predicted octanol–water partition coefficient (Wildman–Crippen LogP) is 2.78. The molecule has 0 atom stereocenters. The summed E-state index contributed by atoms with van der Waals surface area (Å²) < 4.78 is 18.5. The third-order valence-electron chi connectivity index (χ3n) is 3.04. The molecule has 0 radical (unpaired) electrons. The first-order chi connectivity index (χ1) is 8.81. The SMILES string of the molecule is COc1ccc(F)cc1CN(C)CCCC(C)(C)N. The number of rotatable bonds is 7. The molecule has 3 nitrogen and oxygen atoms in total. The number of nitrogens with two attached hydrogens (primary N) is 1. The number of hydrogen-bond acceptors (Lipinski definition) is 3. The second-order valence-electron chi connectivity index (χ2n) is 5.79. The highest BCUT2D eigenvalue weighted by Gasteiger charge is 2.12. The summed E-state index contributed by atoms with van der Waals surface area (Å²) in [4.78, 5) is 2.16. The number of halogens is 1. The summed E-state index contributed by atoms with van der Waals surface area (Å²) in [5.74, 6) is 0.500. The van der Waals surface area contributed by atoms with Gasteiger partial charge in [-0.05, 0) is 58.5 Å². The highest BCUT2D eigenvalue weighted by molar-refractivity contribution is 5.33. The first-order valence-electron chi connectivity index (χ1n) is 6.61. The first-order valence-corrected chi connectivity index (χ1v) is 6.61. The standard InChI is InChI=1S/C15H25FN2O/c1-15(2,17)8-5-9-18(3)11-12-10-13(16)6-7-14(12)19-4/h6-7,10H,5,8-9,11,17H2,1-4H3. The Labute approximate surface area is 115 Å². The molecular formula is C15H25FN2O. The molecule has 1 rings (SSSR count). The molecule has 0 aliphatic rings. The fourth-order valence-corrected chi connectivity index (χ4v) is 2.05. The molecule has 19 heavy (non-hydrogen) atoms. The van der Waals surface area contributed by atoms with Crippen LogP contribution in [0.25, 0.3) is 0 Å². The summed E-state index contributed by atoms with van der Waals surface area (Å²) in [7, 11) is 3.63. The van der Waals surface area contributed by atoms with Crippen molar-refractivity contribution in [2.45, 2.75) is 38.8 Å². The van der Waals surface area contributed by atoms with Crippen molar-refractivity contribution in [3.63, 3.8) is 0 Å². The van der Waals surface area contributed by atoms with E-state index in [0.717, 1.165) is 30.7 Å². The van der Waals surface area contributed by atoms with Crippen molar-refractivity contribution in [3.8, 4) is 5.75 Å². The van der Waals surface area contributed by atoms with Gasteiger partial charge < -0.3 is 15.4 Å². The summed E-state index contributed by atoms with van der Waals surface area (Å²) in [6.45, 7) is 5.66. The molecule has 1 aromatic carbocycles. The molecule has 0 amide bonds. The van der Waals surface area contributed by atoms with E-state index in [9.17, 15) is 4.39 Å². The summed E-state index contributed by atoms with van der Waals surface area (Å²) in [5.41, 5.74) is 6.70. The van der Waals surface area contributed by atoms with Crippen molar-refractivity contribution in [1.29, 1.82) is 0 Å². The third kappa shape index (κ3) is 6.03. The molecule has 0 saturated heterocycles. The Bertz CT molecular complexity index is 402. The van der Waals surface area contributed by atoms with Crippen LogP contribution in [0, 0.1) is 5.82 Å². The van der Waals surface area contributed by atoms with Gasteiger partial charge in [0.05, 0.1) is 7.11 Å². The Morgan fingerprint density at radius 3 is 2.63 bits per heavy atom. The van der Waals surface area contributed by atoms with E-state index in [1.54, 1.807) is 13.2 Å². The second kappa shape index (κ2) is 6.87. The maximum Gasteiger partial charge on any atom is 0.123 e. The molecule has 0 saturated carbocycles. The zero-order valence-electron chi connectivity index (χ0n) is 12.4. The van der Waals surface area contributed by atoms with E-state index < -0.39 is 0 Å². The van der Waals surface area contributed by atoms with Gasteiger partial charge in [-0.15, -0.1) is 0 Å². The lowest BCUT2D eigenvalue weighted by atomic mass is 10.00. The number of ether oxygens (including phenoxy) is 1. The normalized spacial score (nSPS) is 11.9. The third-order valence-corrected chi connectivity index (χ3v) is 3.04. The van der Waals surface area contributed by atoms with Gasteiger partial charge in [-0.2, -0.15) is 0 Å². The van der Waals surface area contributed by atoms with E-state index in [2.05, 4.69) is 4.90 Å². The second-order valence-corrected chi connectivity index (χ2v) is 5.79. The van der Waals surface area contributed by atoms with Crippen LogP contribution in [0.5, 0.6) is 5.75 Å². The van der Waals surface area contributed by atoms with Crippen molar-refractivity contribution in [3.05, 3.63) is 29.6 Å². The van der Waals surface area contributed by atoms with Crippen LogP contribution in [0.15, 0.2) is 18.2 Å². The molecule has 0 unspecified atom stereocenters. The van der Waals surface area contributed by atoms with Crippen LogP contribution >= 0.6 is 0 Å². The van der Waals surface area contributed by atoms with Crippen LogP contribution in [0.2, 0.25) is 0 Å². The predicted molar refractivity (Wildman–Crippen MR) is 76.8 cm³/mol. The number of benzene rings is 1. The van der Waals surface area contributed by atoms with Gasteiger partial charge in [-0.1, -0.05) is 0 Å². The lowest BCUT2D eigenvalue weighted by molar-refractivity contribution is 0.296. The molecule has 0 bridgehead atoms. The van der Waals surface area contributed by atoms with Crippen LogP contribution in [0.3, 0.4) is 0 Å². The lowest BCUT2D eigenvalue weighted by Gasteiger charge is -2.22. The van der Waals surface area contributed by atoms with Gasteiger partial charge in [0.2, 0.25) is 0 Å². The van der Waals surface area contributed by atoms with Crippen molar-refractivity contribution in [2.24, 2.45) is 5.73 Å². The quantitative estimate of drug-likeness (QED) is 0.826. The Morgan fingerprint density at radius 1 is 1.37 bits per heavy atom. The minimum Gasteiger partial charge on any atom is -0.496 e. The Morgan fingerprint density at radius 2 is 2.05 bits per heavy atom. The van der Waals surface area contributed by atoms with E-state index in [1.807, 2.05) is 20.9 Å². The molecule has 0 spiro atoms. The molecule has 1 aromatic rings. The maximum atomic E-state index is 13.3. The van der Waals surface area contributed by atoms with Gasteiger partial charge >= 0.3 is 0 Å². The summed E-state index contributed by atoms with van der Waals surface area (Å²) >= 11 is 0. The van der Waals surface area contributed by atoms with Gasteiger partial charge in [0.15, 0.2) is 0 Å². The van der Waals surface area contributed by atoms with Crippen LogP contribution in [0.4, 0.5) is 4.39 Å². The number of hydrogen-bond donors (Lipinski definition) is 1.